The van der Waals surface area contributed by atoms with Crippen LogP contribution in [0.4, 0.5) is 4.39 Å². The molecule has 1 heterocycles. The summed E-state index contributed by atoms with van der Waals surface area (Å²) in [6, 6.07) is 4.43. The van der Waals surface area contributed by atoms with Crippen molar-refractivity contribution in [2.75, 3.05) is 6.26 Å². The van der Waals surface area contributed by atoms with E-state index < -0.39 is 21.8 Å². The number of carbonyl (C=O) groups excluding carboxylic acids is 1. The van der Waals surface area contributed by atoms with Crippen molar-refractivity contribution in [2.24, 2.45) is 5.92 Å². The van der Waals surface area contributed by atoms with Crippen molar-refractivity contribution in [3.63, 3.8) is 0 Å². The maximum Gasteiger partial charge on any atom is 0.289 e. The first-order chi connectivity index (χ1) is 14.1. The maximum atomic E-state index is 14.0. The smallest absolute Gasteiger partial charge is 0.289 e. The van der Waals surface area contributed by atoms with Crippen molar-refractivity contribution in [1.29, 1.82) is 0 Å². The lowest BCUT2D eigenvalue weighted by Crippen LogP contribution is -2.32. The summed E-state index contributed by atoms with van der Waals surface area (Å²) >= 11 is 0. The average molecular weight is 434 g/mol. The summed E-state index contributed by atoms with van der Waals surface area (Å²) in [6.45, 7) is 3.37. The molecule has 2 atom stereocenters. The Morgan fingerprint density at radius 1 is 1.30 bits per heavy atom. The van der Waals surface area contributed by atoms with Gasteiger partial charge in [0.2, 0.25) is 5.82 Å². The van der Waals surface area contributed by atoms with E-state index in [0.717, 1.165) is 30.1 Å². The molecule has 1 aliphatic carbocycles. The highest BCUT2D eigenvalue weighted by Gasteiger charge is 2.35. The largest absolute Gasteiger partial charge is 0.482 e. The van der Waals surface area contributed by atoms with E-state index in [1.807, 2.05) is 6.07 Å². The standard InChI is InChI=1S/C21H24FN3O4S/c1-13(9-10-30(3,27)28)25-21(26)20-23-11-16(12-24-20)29-19(15-7-8-15)17-5-4-6-18(22)14(17)2/h4-6,9-13,15,19H,7-8H2,1-3H3,(H,25,26)/b10-9+/t13-,19-/m1/s1. The van der Waals surface area contributed by atoms with E-state index in [1.165, 1.54) is 24.5 Å². The fraction of sp³-hybridized carbons (Fsp3) is 0.381. The number of carbonyl (C=O) groups is 1. The van der Waals surface area contributed by atoms with Crippen LogP contribution in [0, 0.1) is 18.7 Å². The van der Waals surface area contributed by atoms with Gasteiger partial charge < -0.3 is 10.1 Å². The summed E-state index contributed by atoms with van der Waals surface area (Å²) in [5, 5.41) is 3.63. The van der Waals surface area contributed by atoms with Crippen LogP contribution in [0.3, 0.4) is 0 Å². The molecule has 0 aliphatic heterocycles. The Bertz CT molecular complexity index is 1050. The molecule has 0 spiro atoms. The van der Waals surface area contributed by atoms with Crippen LogP contribution in [-0.4, -0.2) is 36.6 Å². The van der Waals surface area contributed by atoms with Crippen molar-refractivity contribution in [2.45, 2.75) is 38.8 Å². The van der Waals surface area contributed by atoms with E-state index in [0.29, 0.717) is 17.2 Å². The van der Waals surface area contributed by atoms with E-state index >= 15 is 0 Å². The Hall–Kier alpha value is -2.81. The van der Waals surface area contributed by atoms with Gasteiger partial charge in [0.05, 0.1) is 12.4 Å². The number of benzene rings is 1. The lowest BCUT2D eigenvalue weighted by Gasteiger charge is -2.21. The molecule has 1 saturated carbocycles. The summed E-state index contributed by atoms with van der Waals surface area (Å²) in [6.07, 6.45) is 6.95. The van der Waals surface area contributed by atoms with Crippen molar-refractivity contribution in [1.82, 2.24) is 15.3 Å². The molecule has 1 fully saturated rings. The monoisotopic (exact) mass is 433 g/mol. The molecule has 160 valence electrons. The number of aromatic nitrogens is 2. The molecule has 30 heavy (non-hydrogen) atoms. The van der Waals surface area contributed by atoms with Gasteiger partial charge in [0.1, 0.15) is 11.9 Å². The number of amides is 1. The van der Waals surface area contributed by atoms with Crippen LogP contribution in [0.15, 0.2) is 42.1 Å². The summed E-state index contributed by atoms with van der Waals surface area (Å²) in [5.41, 5.74) is 1.35. The number of sulfone groups is 1. The predicted molar refractivity (Wildman–Crippen MR) is 110 cm³/mol. The van der Waals surface area contributed by atoms with Gasteiger partial charge in [-0.2, -0.15) is 0 Å². The van der Waals surface area contributed by atoms with Gasteiger partial charge in [0.15, 0.2) is 15.6 Å². The third-order valence-corrected chi connectivity index (χ3v) is 5.39. The number of nitrogens with zero attached hydrogens (tertiary/aromatic N) is 2. The number of halogens is 1. The lowest BCUT2D eigenvalue weighted by molar-refractivity contribution is 0.0936. The van der Waals surface area contributed by atoms with Gasteiger partial charge in [-0.3, -0.25) is 4.79 Å². The Balaban J connectivity index is 1.68. The van der Waals surface area contributed by atoms with E-state index in [1.54, 1.807) is 19.9 Å². The van der Waals surface area contributed by atoms with Gasteiger partial charge in [-0.05, 0) is 43.9 Å². The zero-order chi connectivity index (χ0) is 21.9. The Labute approximate surface area is 175 Å². The molecule has 9 heteroatoms. The van der Waals surface area contributed by atoms with Crippen LogP contribution in [-0.2, 0) is 9.84 Å². The topological polar surface area (TPSA) is 98.2 Å². The SMILES string of the molecule is Cc1c(F)cccc1[C@H](Oc1cnc(C(=O)N[C@H](C)/C=C/S(C)(=O)=O)nc1)C1CC1. The highest BCUT2D eigenvalue weighted by Crippen LogP contribution is 2.44. The zero-order valence-electron chi connectivity index (χ0n) is 17.0. The third-order valence-electron chi connectivity index (χ3n) is 4.73. The molecular weight excluding hydrogens is 409 g/mol. The highest BCUT2D eigenvalue weighted by atomic mass is 32.2. The van der Waals surface area contributed by atoms with E-state index in [2.05, 4.69) is 15.3 Å². The minimum Gasteiger partial charge on any atom is -0.482 e. The Morgan fingerprint density at radius 2 is 1.97 bits per heavy atom. The molecule has 1 aromatic carbocycles. The average Bonchev–Trinajstić information content (AvgIpc) is 3.52. The van der Waals surface area contributed by atoms with Crippen molar-refractivity contribution in [3.05, 3.63) is 64.8 Å². The van der Waals surface area contributed by atoms with Gasteiger partial charge in [0, 0.05) is 23.6 Å². The molecule has 3 rings (SSSR count). The molecule has 1 aromatic heterocycles. The quantitative estimate of drug-likeness (QED) is 0.687. The number of nitrogens with one attached hydrogen (secondary N) is 1. The third kappa shape index (κ3) is 5.85. The van der Waals surface area contributed by atoms with Crippen LogP contribution >= 0.6 is 0 Å². The minimum atomic E-state index is -3.27. The fourth-order valence-electron chi connectivity index (χ4n) is 2.97. The molecule has 7 nitrogen and oxygen atoms in total. The molecular formula is C21H24FN3O4S. The number of rotatable bonds is 8. The van der Waals surface area contributed by atoms with Crippen molar-refractivity contribution >= 4 is 15.7 Å². The van der Waals surface area contributed by atoms with E-state index in [-0.39, 0.29) is 17.7 Å². The minimum absolute atomic E-state index is 0.0631. The first-order valence-electron chi connectivity index (χ1n) is 9.57. The maximum absolute atomic E-state index is 14.0. The molecule has 2 aromatic rings. The second-order valence-corrected chi connectivity index (χ2v) is 9.42. The number of hydrogen-bond acceptors (Lipinski definition) is 6. The zero-order valence-corrected chi connectivity index (χ0v) is 17.8. The normalized spacial score (nSPS) is 16.3. The molecule has 1 aliphatic rings. The summed E-state index contributed by atoms with van der Waals surface area (Å²) < 4.78 is 42.3. The molecule has 0 bridgehead atoms. The summed E-state index contributed by atoms with van der Waals surface area (Å²) in [7, 11) is -3.27. The second kappa shape index (κ2) is 8.91. The Morgan fingerprint density at radius 3 is 2.57 bits per heavy atom. The molecule has 1 N–H and O–H groups in total. The van der Waals surface area contributed by atoms with Gasteiger partial charge >= 0.3 is 0 Å². The molecule has 0 saturated heterocycles. The van der Waals surface area contributed by atoms with Crippen LogP contribution < -0.4 is 10.1 Å². The van der Waals surface area contributed by atoms with Gasteiger partial charge in [-0.1, -0.05) is 18.2 Å². The first-order valence-corrected chi connectivity index (χ1v) is 11.5. The highest BCUT2D eigenvalue weighted by molar-refractivity contribution is 7.93. The van der Waals surface area contributed by atoms with Crippen LogP contribution in [0.25, 0.3) is 0 Å². The van der Waals surface area contributed by atoms with E-state index in [9.17, 15) is 17.6 Å². The van der Waals surface area contributed by atoms with Crippen molar-refractivity contribution in [3.8, 4) is 5.75 Å². The molecule has 0 radical (unpaired) electrons. The van der Waals surface area contributed by atoms with Gasteiger partial charge in [-0.15, -0.1) is 0 Å². The predicted octanol–water partition coefficient (Wildman–Crippen LogP) is 3.13. The first kappa shape index (κ1) is 21.9. The molecule has 0 unspecified atom stereocenters. The number of hydrogen-bond donors (Lipinski definition) is 1. The van der Waals surface area contributed by atoms with Crippen LogP contribution in [0.2, 0.25) is 0 Å². The van der Waals surface area contributed by atoms with Crippen LogP contribution in [0.1, 0.15) is 47.6 Å². The van der Waals surface area contributed by atoms with E-state index in [4.69, 9.17) is 4.74 Å². The molecule has 1 amide bonds. The van der Waals surface area contributed by atoms with Crippen LogP contribution in [0.5, 0.6) is 5.75 Å². The second-order valence-electron chi connectivity index (χ2n) is 7.49. The summed E-state index contributed by atoms with van der Waals surface area (Å²) in [4.78, 5) is 20.3. The number of ether oxygens (including phenoxy) is 1. The Kier molecular flexibility index (Phi) is 6.50. The summed E-state index contributed by atoms with van der Waals surface area (Å²) in [5.74, 6) is -0.184. The van der Waals surface area contributed by atoms with Gasteiger partial charge in [0.25, 0.3) is 5.91 Å². The van der Waals surface area contributed by atoms with Crippen molar-refractivity contribution < 1.29 is 22.3 Å². The fourth-order valence-corrected chi connectivity index (χ4v) is 3.49. The van der Waals surface area contributed by atoms with Gasteiger partial charge in [-0.25, -0.2) is 22.8 Å². The lowest BCUT2D eigenvalue weighted by atomic mass is 9.99.